The molecule has 6 heteroatoms. The van der Waals surface area contributed by atoms with E-state index in [9.17, 15) is 14.0 Å². The molecule has 27 heavy (non-hydrogen) atoms. The van der Waals surface area contributed by atoms with Crippen molar-refractivity contribution in [3.05, 3.63) is 69.9 Å². The van der Waals surface area contributed by atoms with Crippen molar-refractivity contribution >= 4 is 27.6 Å². The molecule has 3 rings (SSSR count). The number of benzene rings is 2. The maximum Gasteiger partial charge on any atom is 0.223 e. The molecular formula is C21H22BrFN2O2. The lowest BCUT2D eigenvalue weighted by Crippen LogP contribution is -2.48. The first-order valence-corrected chi connectivity index (χ1v) is 9.84. The van der Waals surface area contributed by atoms with E-state index in [1.807, 2.05) is 18.2 Å². The molecule has 0 atom stereocenters. The van der Waals surface area contributed by atoms with E-state index in [-0.39, 0.29) is 30.3 Å². The number of piperazine rings is 1. The number of hydrogen-bond acceptors (Lipinski definition) is 3. The molecule has 1 saturated heterocycles. The summed E-state index contributed by atoms with van der Waals surface area (Å²) < 4.78 is 14.7. The zero-order valence-corrected chi connectivity index (χ0v) is 16.6. The topological polar surface area (TPSA) is 40.6 Å². The van der Waals surface area contributed by atoms with Crippen LogP contribution in [0.1, 0.15) is 28.8 Å². The average Bonchev–Trinajstić information content (AvgIpc) is 2.69. The van der Waals surface area contributed by atoms with Gasteiger partial charge in [0.05, 0.1) is 0 Å². The van der Waals surface area contributed by atoms with Crippen LogP contribution in [0.5, 0.6) is 0 Å². The monoisotopic (exact) mass is 432 g/mol. The van der Waals surface area contributed by atoms with Crippen LogP contribution in [0.2, 0.25) is 0 Å². The number of carbonyl (C=O) groups is 2. The van der Waals surface area contributed by atoms with Crippen LogP contribution >= 0.6 is 15.9 Å². The highest BCUT2D eigenvalue weighted by Crippen LogP contribution is 2.15. The maximum absolute atomic E-state index is 13.8. The summed E-state index contributed by atoms with van der Waals surface area (Å²) in [5.41, 5.74) is 1.30. The zero-order valence-electron chi connectivity index (χ0n) is 15.0. The number of ketones is 1. The smallest absolute Gasteiger partial charge is 0.223 e. The molecule has 1 aliphatic heterocycles. The van der Waals surface area contributed by atoms with Gasteiger partial charge in [-0.25, -0.2) is 4.39 Å². The van der Waals surface area contributed by atoms with Gasteiger partial charge in [-0.15, -0.1) is 0 Å². The van der Waals surface area contributed by atoms with Crippen LogP contribution in [0.25, 0.3) is 0 Å². The molecule has 4 nitrogen and oxygen atoms in total. The molecule has 0 bridgehead atoms. The van der Waals surface area contributed by atoms with Crippen molar-refractivity contribution in [2.24, 2.45) is 0 Å². The Balaban J connectivity index is 1.44. The summed E-state index contributed by atoms with van der Waals surface area (Å²) in [6.07, 6.45) is 0.443. The summed E-state index contributed by atoms with van der Waals surface area (Å²) in [4.78, 5) is 28.5. The Morgan fingerprint density at radius 1 is 0.926 bits per heavy atom. The van der Waals surface area contributed by atoms with E-state index in [1.165, 1.54) is 6.07 Å². The van der Waals surface area contributed by atoms with Crippen LogP contribution in [0.15, 0.2) is 53.0 Å². The third-order valence-corrected chi connectivity index (χ3v) is 5.34. The van der Waals surface area contributed by atoms with E-state index in [0.717, 1.165) is 4.47 Å². The maximum atomic E-state index is 13.8. The molecule has 0 aliphatic carbocycles. The van der Waals surface area contributed by atoms with Gasteiger partial charge in [0.25, 0.3) is 0 Å². The first-order valence-electron chi connectivity index (χ1n) is 9.05. The van der Waals surface area contributed by atoms with E-state index in [4.69, 9.17) is 0 Å². The molecule has 0 saturated carbocycles. The molecule has 0 spiro atoms. The predicted molar refractivity (Wildman–Crippen MR) is 106 cm³/mol. The molecule has 142 valence electrons. The zero-order chi connectivity index (χ0) is 19.2. The van der Waals surface area contributed by atoms with Crippen LogP contribution in [0, 0.1) is 5.82 Å². The lowest BCUT2D eigenvalue weighted by Gasteiger charge is -2.34. The number of halogens is 2. The fraction of sp³-hybridized carbons (Fsp3) is 0.333. The van der Waals surface area contributed by atoms with Crippen molar-refractivity contribution in [2.75, 3.05) is 26.2 Å². The molecule has 2 aromatic carbocycles. The van der Waals surface area contributed by atoms with Gasteiger partial charge in [-0.3, -0.25) is 14.5 Å². The van der Waals surface area contributed by atoms with Crippen LogP contribution in [0.4, 0.5) is 4.39 Å². The first kappa shape index (κ1) is 19.7. The Bertz CT molecular complexity index is 802. The minimum absolute atomic E-state index is 0.00556. The minimum Gasteiger partial charge on any atom is -0.340 e. The second-order valence-electron chi connectivity index (χ2n) is 6.68. The Kier molecular flexibility index (Phi) is 6.74. The molecule has 0 unspecified atom stereocenters. The Morgan fingerprint density at radius 3 is 2.26 bits per heavy atom. The molecule has 2 aromatic rings. The fourth-order valence-electron chi connectivity index (χ4n) is 3.18. The van der Waals surface area contributed by atoms with Gasteiger partial charge in [0.2, 0.25) is 5.91 Å². The Hall–Kier alpha value is -2.05. The van der Waals surface area contributed by atoms with Gasteiger partial charge >= 0.3 is 0 Å². The lowest BCUT2D eigenvalue weighted by molar-refractivity contribution is -0.133. The standard InChI is InChI=1S/C21H22BrFN2O2/c22-18-7-5-16(6-8-18)20(26)9-10-21(27)25-13-11-24(12-14-25)15-17-3-1-2-4-19(17)23/h1-8H,9-15H2. The minimum atomic E-state index is -0.192. The third-order valence-electron chi connectivity index (χ3n) is 4.81. The molecule has 1 fully saturated rings. The molecule has 0 radical (unpaired) electrons. The second-order valence-corrected chi connectivity index (χ2v) is 7.59. The van der Waals surface area contributed by atoms with Crippen molar-refractivity contribution in [3.8, 4) is 0 Å². The van der Waals surface area contributed by atoms with Gasteiger partial charge in [0.15, 0.2) is 5.78 Å². The highest BCUT2D eigenvalue weighted by Gasteiger charge is 2.22. The number of rotatable bonds is 6. The van der Waals surface area contributed by atoms with Gasteiger partial charge < -0.3 is 4.90 Å². The second kappa shape index (κ2) is 9.24. The molecular weight excluding hydrogens is 411 g/mol. The van der Waals surface area contributed by atoms with Crippen molar-refractivity contribution in [1.29, 1.82) is 0 Å². The number of nitrogens with zero attached hydrogens (tertiary/aromatic N) is 2. The number of amides is 1. The summed E-state index contributed by atoms with van der Waals surface area (Å²) in [6.45, 7) is 3.19. The molecule has 0 N–H and O–H groups in total. The van der Waals surface area contributed by atoms with Crippen molar-refractivity contribution in [2.45, 2.75) is 19.4 Å². The first-order chi connectivity index (χ1) is 13.0. The van der Waals surface area contributed by atoms with Crippen LogP contribution in [0.3, 0.4) is 0 Å². The highest BCUT2D eigenvalue weighted by molar-refractivity contribution is 9.10. The predicted octanol–water partition coefficient (Wildman–Crippen LogP) is 3.90. The summed E-state index contributed by atoms with van der Waals surface area (Å²) >= 11 is 3.34. The van der Waals surface area contributed by atoms with E-state index in [0.29, 0.717) is 43.9 Å². The summed E-state index contributed by atoms with van der Waals surface area (Å²) in [5.74, 6) is -0.206. The highest BCUT2D eigenvalue weighted by atomic mass is 79.9. The lowest BCUT2D eigenvalue weighted by atomic mass is 10.1. The van der Waals surface area contributed by atoms with E-state index < -0.39 is 0 Å². The van der Waals surface area contributed by atoms with Gasteiger partial charge in [0.1, 0.15) is 5.82 Å². The van der Waals surface area contributed by atoms with Crippen LogP contribution in [-0.4, -0.2) is 47.7 Å². The van der Waals surface area contributed by atoms with Crippen molar-refractivity contribution in [1.82, 2.24) is 9.80 Å². The quantitative estimate of drug-likeness (QED) is 0.649. The SMILES string of the molecule is O=C(CCC(=O)N1CCN(Cc2ccccc2F)CC1)c1ccc(Br)cc1. The van der Waals surface area contributed by atoms with E-state index >= 15 is 0 Å². The van der Waals surface area contributed by atoms with E-state index in [1.54, 1.807) is 29.2 Å². The molecule has 1 aliphatic rings. The Labute approximate surface area is 167 Å². The molecule has 0 aromatic heterocycles. The van der Waals surface area contributed by atoms with E-state index in [2.05, 4.69) is 20.8 Å². The average molecular weight is 433 g/mol. The normalized spacial score (nSPS) is 15.0. The number of Topliss-reactive ketones (excluding diaryl/α,β-unsaturated/α-hetero) is 1. The van der Waals surface area contributed by atoms with Gasteiger partial charge in [-0.2, -0.15) is 0 Å². The third kappa shape index (κ3) is 5.47. The van der Waals surface area contributed by atoms with Gasteiger partial charge in [-0.05, 0) is 18.2 Å². The molecule has 1 heterocycles. The van der Waals surface area contributed by atoms with Gasteiger partial charge in [-0.1, -0.05) is 46.3 Å². The van der Waals surface area contributed by atoms with Crippen LogP contribution in [-0.2, 0) is 11.3 Å². The summed E-state index contributed by atoms with van der Waals surface area (Å²) in [6, 6.07) is 14.0. The van der Waals surface area contributed by atoms with Crippen LogP contribution < -0.4 is 0 Å². The number of hydrogen-bond donors (Lipinski definition) is 0. The fourth-order valence-corrected chi connectivity index (χ4v) is 3.45. The van der Waals surface area contributed by atoms with Crippen molar-refractivity contribution in [3.63, 3.8) is 0 Å². The van der Waals surface area contributed by atoms with Crippen molar-refractivity contribution < 1.29 is 14.0 Å². The largest absolute Gasteiger partial charge is 0.340 e. The number of carbonyl (C=O) groups excluding carboxylic acids is 2. The Morgan fingerprint density at radius 2 is 1.59 bits per heavy atom. The summed E-state index contributed by atoms with van der Waals surface area (Å²) in [5, 5.41) is 0. The van der Waals surface area contributed by atoms with Gasteiger partial charge in [0, 0.05) is 61.2 Å². The molecule has 1 amide bonds. The summed E-state index contributed by atoms with van der Waals surface area (Å²) in [7, 11) is 0.